The summed E-state index contributed by atoms with van der Waals surface area (Å²) in [6, 6.07) is 20.0. The molecule has 1 heterocycles. The van der Waals surface area contributed by atoms with Crippen LogP contribution < -0.4 is 10.1 Å². The summed E-state index contributed by atoms with van der Waals surface area (Å²) in [5, 5.41) is 15.7. The average Bonchev–Trinajstić information content (AvgIpc) is 3.42. The van der Waals surface area contributed by atoms with Crippen LogP contribution in [0.1, 0.15) is 63.3 Å². The molecule has 238 valence electrons. The second-order valence-electron chi connectivity index (χ2n) is 10.9. The molecule has 0 saturated heterocycles. The summed E-state index contributed by atoms with van der Waals surface area (Å²) in [5.41, 5.74) is 7.23. The third-order valence-corrected chi connectivity index (χ3v) is 9.13. The van der Waals surface area contributed by atoms with Gasteiger partial charge in [-0.3, -0.25) is 9.79 Å². The average molecular weight is 710 g/mol. The number of fused-ring (bicyclic) bond motifs is 1. The first-order chi connectivity index (χ1) is 21.5. The highest BCUT2D eigenvalue weighted by Gasteiger charge is 2.12. The van der Waals surface area contributed by atoms with Crippen molar-refractivity contribution in [1.29, 1.82) is 0 Å². The number of ether oxygens (including phenoxy) is 1. The van der Waals surface area contributed by atoms with E-state index in [4.69, 9.17) is 21.3 Å². The zero-order valence-corrected chi connectivity index (χ0v) is 30.2. The van der Waals surface area contributed by atoms with Crippen LogP contribution in [0, 0.1) is 12.8 Å². The van der Waals surface area contributed by atoms with Gasteiger partial charge in [0.2, 0.25) is 5.91 Å². The molecule has 1 aromatic heterocycles. The second kappa shape index (κ2) is 18.0. The molecular formula is C36H42BrClN4O2S. The molecule has 0 spiro atoms. The number of methoxy groups -OCH3 is 1. The first-order valence-electron chi connectivity index (χ1n) is 14.9. The van der Waals surface area contributed by atoms with Crippen LogP contribution in [0.15, 0.2) is 85.7 Å². The normalized spacial score (nSPS) is 12.9. The molecule has 1 atom stereocenters. The van der Waals surface area contributed by atoms with Crippen LogP contribution in [-0.4, -0.2) is 43.2 Å². The molecule has 3 aromatic carbocycles. The van der Waals surface area contributed by atoms with Gasteiger partial charge in [-0.25, -0.2) is 0 Å². The fourth-order valence-corrected chi connectivity index (χ4v) is 5.79. The number of carbonyl (C=O) groups excluding carboxylic acids is 1. The van der Waals surface area contributed by atoms with Crippen LogP contribution in [-0.2, 0) is 11.2 Å². The van der Waals surface area contributed by atoms with Crippen LogP contribution in [0.2, 0.25) is 5.02 Å². The van der Waals surface area contributed by atoms with Crippen molar-refractivity contribution >= 4 is 72.0 Å². The number of nitrogens with one attached hydrogen (secondary N) is 1. The molecule has 1 N–H and O–H groups in total. The monoisotopic (exact) mass is 708 g/mol. The molecule has 0 aliphatic rings. The van der Waals surface area contributed by atoms with Crippen molar-refractivity contribution in [2.24, 2.45) is 21.1 Å². The van der Waals surface area contributed by atoms with E-state index in [1.807, 2.05) is 56.3 Å². The number of benzene rings is 3. The van der Waals surface area contributed by atoms with E-state index in [2.05, 4.69) is 75.8 Å². The summed E-state index contributed by atoms with van der Waals surface area (Å²) >= 11 is 11.3. The van der Waals surface area contributed by atoms with Crippen LogP contribution >= 0.6 is 38.9 Å². The summed E-state index contributed by atoms with van der Waals surface area (Å²) in [6.07, 6.45) is 1.94. The number of hydrogen-bond donors (Lipinski definition) is 1. The minimum absolute atomic E-state index is 0.0284. The van der Waals surface area contributed by atoms with E-state index < -0.39 is 0 Å². The molecule has 6 nitrogen and oxygen atoms in total. The summed E-state index contributed by atoms with van der Waals surface area (Å²) in [4.78, 5) is 15.7. The summed E-state index contributed by atoms with van der Waals surface area (Å²) < 4.78 is 7.81. The van der Waals surface area contributed by atoms with E-state index in [-0.39, 0.29) is 5.91 Å². The lowest BCUT2D eigenvalue weighted by molar-refractivity contribution is -0.118. The molecule has 0 fully saturated rings. The molecule has 1 amide bonds. The lowest BCUT2D eigenvalue weighted by Gasteiger charge is -2.12. The molecule has 9 heteroatoms. The predicted octanol–water partition coefficient (Wildman–Crippen LogP) is 9.72. The van der Waals surface area contributed by atoms with Crippen molar-refractivity contribution in [2.75, 3.05) is 20.2 Å². The van der Waals surface area contributed by atoms with E-state index in [0.717, 1.165) is 56.9 Å². The van der Waals surface area contributed by atoms with Gasteiger partial charge in [0, 0.05) is 44.5 Å². The molecular weight excluding hydrogens is 668 g/mol. The van der Waals surface area contributed by atoms with E-state index in [9.17, 15) is 4.79 Å². The maximum atomic E-state index is 10.8. The lowest BCUT2D eigenvalue weighted by atomic mass is 9.97. The number of amides is 1. The van der Waals surface area contributed by atoms with Crippen molar-refractivity contribution in [1.82, 2.24) is 5.32 Å². The fourth-order valence-electron chi connectivity index (χ4n) is 4.33. The number of carbonyl (C=O) groups is 1. The Hall–Kier alpha value is -3.33. The third-order valence-electron chi connectivity index (χ3n) is 7.37. The minimum atomic E-state index is 0.0284. The van der Waals surface area contributed by atoms with Crippen molar-refractivity contribution in [3.63, 3.8) is 0 Å². The quantitative estimate of drug-likeness (QED) is 0.124. The fraction of sp³-hybridized carbons (Fsp3) is 0.333. The van der Waals surface area contributed by atoms with E-state index in [1.165, 1.54) is 15.6 Å². The molecule has 0 aliphatic carbocycles. The highest BCUT2D eigenvalue weighted by molar-refractivity contribution is 9.10. The molecule has 4 rings (SSSR count). The molecule has 0 aliphatic heterocycles. The Morgan fingerprint density at radius 3 is 2.44 bits per heavy atom. The largest absolute Gasteiger partial charge is 0.497 e. The van der Waals surface area contributed by atoms with Gasteiger partial charge in [-0.1, -0.05) is 59.6 Å². The predicted molar refractivity (Wildman–Crippen MR) is 197 cm³/mol. The summed E-state index contributed by atoms with van der Waals surface area (Å²) in [7, 11) is 1.67. The van der Waals surface area contributed by atoms with Crippen molar-refractivity contribution < 1.29 is 9.53 Å². The van der Waals surface area contributed by atoms with Crippen LogP contribution in [0.4, 0.5) is 0 Å². The lowest BCUT2D eigenvalue weighted by Crippen LogP contribution is -2.22. The Morgan fingerprint density at radius 2 is 1.78 bits per heavy atom. The first-order valence-corrected chi connectivity index (χ1v) is 17.0. The van der Waals surface area contributed by atoms with Crippen LogP contribution in [0.3, 0.4) is 0 Å². The van der Waals surface area contributed by atoms with E-state index in [1.54, 1.807) is 25.4 Å². The number of aryl methyl sites for hydroxylation is 1. The zero-order valence-electron chi connectivity index (χ0n) is 27.1. The van der Waals surface area contributed by atoms with Crippen molar-refractivity contribution in [3.8, 4) is 5.75 Å². The Bertz CT molecular complexity index is 1680. The SMILES string of the molecule is CC(=O)NCCc1csc2ccc(Br)cc12.CCC(C)/C(C)=N\N=C(/C)CN=C(c1ccc(Cl)cc1)c1cc(OC)ccc1C. The number of nitrogens with zero attached hydrogens (tertiary/aromatic N) is 3. The topological polar surface area (TPSA) is 75.4 Å². The van der Waals surface area contributed by atoms with Gasteiger partial charge in [-0.15, -0.1) is 11.3 Å². The van der Waals surface area contributed by atoms with Gasteiger partial charge in [-0.2, -0.15) is 10.2 Å². The Kier molecular flexibility index (Phi) is 14.4. The molecule has 4 aromatic rings. The van der Waals surface area contributed by atoms with Gasteiger partial charge in [0.05, 0.1) is 25.1 Å². The highest BCUT2D eigenvalue weighted by atomic mass is 79.9. The van der Waals surface area contributed by atoms with Gasteiger partial charge >= 0.3 is 0 Å². The van der Waals surface area contributed by atoms with Gasteiger partial charge < -0.3 is 10.1 Å². The minimum Gasteiger partial charge on any atom is -0.497 e. The van der Waals surface area contributed by atoms with Crippen LogP contribution in [0.25, 0.3) is 10.1 Å². The summed E-state index contributed by atoms with van der Waals surface area (Å²) in [6.45, 7) is 13.1. The van der Waals surface area contributed by atoms with Gasteiger partial charge in [0.15, 0.2) is 0 Å². The van der Waals surface area contributed by atoms with E-state index >= 15 is 0 Å². The Morgan fingerprint density at radius 1 is 1.04 bits per heavy atom. The maximum Gasteiger partial charge on any atom is 0.216 e. The third kappa shape index (κ3) is 11.2. The zero-order chi connectivity index (χ0) is 32.9. The standard InChI is InChI=1S/C24H30ClN3O.C12H12BrNOS/c1-7-16(2)19(5)28-27-18(4)15-26-24(20-9-11-21(25)12-10-20)23-14-22(29-6)13-8-17(23)3;1-8(15)14-5-4-9-7-16-12-3-2-10(13)6-11(9)12/h8-14,16H,7,15H2,1-6H3;2-3,6-7H,4-5H2,1H3,(H,14,15)/b26-24?,27-18+,28-19-;. The molecule has 1 unspecified atom stereocenters. The number of hydrogen-bond acceptors (Lipinski definition) is 6. The van der Waals surface area contributed by atoms with E-state index in [0.29, 0.717) is 24.0 Å². The van der Waals surface area contributed by atoms with Gasteiger partial charge in [-0.05, 0) is 104 Å². The molecule has 0 radical (unpaired) electrons. The maximum absolute atomic E-state index is 10.8. The molecule has 0 bridgehead atoms. The molecule has 0 saturated carbocycles. The van der Waals surface area contributed by atoms with Crippen molar-refractivity contribution in [3.05, 3.63) is 97.8 Å². The Labute approximate surface area is 284 Å². The van der Waals surface area contributed by atoms with Crippen molar-refractivity contribution in [2.45, 2.75) is 54.4 Å². The second-order valence-corrected chi connectivity index (χ2v) is 13.1. The smallest absolute Gasteiger partial charge is 0.216 e. The Balaban J connectivity index is 0.000000289. The number of rotatable bonds is 11. The summed E-state index contributed by atoms with van der Waals surface area (Å²) in [5.74, 6) is 1.26. The molecule has 45 heavy (non-hydrogen) atoms. The number of aliphatic imine (C=N–C) groups is 1. The van der Waals surface area contributed by atoms with Crippen LogP contribution in [0.5, 0.6) is 5.75 Å². The van der Waals surface area contributed by atoms with Gasteiger partial charge in [0.25, 0.3) is 0 Å². The van der Waals surface area contributed by atoms with Gasteiger partial charge in [0.1, 0.15) is 5.75 Å². The first kappa shape index (κ1) is 36.1. The number of thiophene rings is 1. The highest BCUT2D eigenvalue weighted by Crippen LogP contribution is 2.29. The number of halogens is 2.